The molecule has 1 atom stereocenters. The molecule has 1 amide bonds. The molecule has 5 nitrogen and oxygen atoms in total. The van der Waals surface area contributed by atoms with Crippen LogP contribution in [0.25, 0.3) is 0 Å². The van der Waals surface area contributed by atoms with Crippen LogP contribution >= 0.6 is 0 Å². The maximum absolute atomic E-state index is 13.6. The highest BCUT2D eigenvalue weighted by atomic mass is 19.1. The van der Waals surface area contributed by atoms with Gasteiger partial charge in [0, 0.05) is 6.07 Å². The van der Waals surface area contributed by atoms with Gasteiger partial charge in [-0.05, 0) is 18.4 Å². The first-order valence-electron chi connectivity index (χ1n) is 6.40. The average molecular weight is 300 g/mol. The number of hydrogen-bond donors (Lipinski definition) is 2. The number of carbonyl (C=O) groups excluding carboxylic acids is 2. The van der Waals surface area contributed by atoms with Crippen molar-refractivity contribution in [2.75, 3.05) is 12.4 Å². The highest BCUT2D eigenvalue weighted by molar-refractivity contribution is 5.97. The summed E-state index contributed by atoms with van der Waals surface area (Å²) in [5.41, 5.74) is 4.89. The fourth-order valence-corrected chi connectivity index (χ4v) is 1.75. The number of benzene rings is 1. The van der Waals surface area contributed by atoms with E-state index in [0.717, 1.165) is 13.2 Å². The minimum absolute atomic E-state index is 0.189. The Morgan fingerprint density at radius 3 is 2.43 bits per heavy atom. The number of methoxy groups -OCH3 is 1. The largest absolute Gasteiger partial charge is 0.465 e. The standard InChI is InChI=1S/C14H18F2N2O3/c1-7(2)4-11(17)13(19)18-12-5-8(14(20)21-3)9(15)6-10(12)16/h5-7,11H,4,17H2,1-3H3,(H,18,19)/t11-/m0/s1. The molecule has 0 fully saturated rings. The molecule has 0 radical (unpaired) electrons. The number of nitrogens with two attached hydrogens (primary N) is 1. The molecule has 0 aliphatic rings. The molecule has 0 aliphatic heterocycles. The van der Waals surface area contributed by atoms with Crippen molar-refractivity contribution < 1.29 is 23.1 Å². The normalized spacial score (nSPS) is 12.1. The third-order valence-electron chi connectivity index (χ3n) is 2.78. The van der Waals surface area contributed by atoms with E-state index in [-0.39, 0.29) is 11.6 Å². The monoisotopic (exact) mass is 300 g/mol. The Hall–Kier alpha value is -2.02. The van der Waals surface area contributed by atoms with E-state index < -0.39 is 35.1 Å². The second kappa shape index (κ2) is 7.12. The van der Waals surface area contributed by atoms with Crippen LogP contribution in [0.15, 0.2) is 12.1 Å². The van der Waals surface area contributed by atoms with Crippen molar-refractivity contribution >= 4 is 17.6 Å². The maximum atomic E-state index is 13.6. The van der Waals surface area contributed by atoms with Crippen LogP contribution in [-0.4, -0.2) is 25.0 Å². The Kier molecular flexibility index (Phi) is 5.78. The molecule has 116 valence electrons. The molecule has 0 bridgehead atoms. The topological polar surface area (TPSA) is 81.4 Å². The van der Waals surface area contributed by atoms with Gasteiger partial charge in [0.2, 0.25) is 5.91 Å². The second-order valence-electron chi connectivity index (χ2n) is 5.03. The van der Waals surface area contributed by atoms with Crippen LogP contribution in [0.1, 0.15) is 30.6 Å². The molecule has 21 heavy (non-hydrogen) atoms. The molecule has 0 heterocycles. The number of esters is 1. The molecule has 0 aliphatic carbocycles. The van der Waals surface area contributed by atoms with Gasteiger partial charge in [0.25, 0.3) is 0 Å². The average Bonchev–Trinajstić information content (AvgIpc) is 2.40. The summed E-state index contributed by atoms with van der Waals surface area (Å²) in [4.78, 5) is 23.2. The van der Waals surface area contributed by atoms with E-state index in [2.05, 4.69) is 10.1 Å². The van der Waals surface area contributed by atoms with Crippen LogP contribution in [0.2, 0.25) is 0 Å². The van der Waals surface area contributed by atoms with Gasteiger partial charge in [0.15, 0.2) is 0 Å². The first-order chi connectivity index (χ1) is 9.76. The van der Waals surface area contributed by atoms with Gasteiger partial charge in [0.05, 0.1) is 24.4 Å². The quantitative estimate of drug-likeness (QED) is 0.816. The second-order valence-corrected chi connectivity index (χ2v) is 5.03. The Morgan fingerprint density at radius 2 is 1.90 bits per heavy atom. The summed E-state index contributed by atoms with van der Waals surface area (Å²) < 4.78 is 31.5. The van der Waals surface area contributed by atoms with Gasteiger partial charge >= 0.3 is 5.97 Å². The molecule has 0 spiro atoms. The van der Waals surface area contributed by atoms with E-state index in [0.29, 0.717) is 12.5 Å². The zero-order valence-corrected chi connectivity index (χ0v) is 12.1. The van der Waals surface area contributed by atoms with Gasteiger partial charge in [0.1, 0.15) is 11.6 Å². The summed E-state index contributed by atoms with van der Waals surface area (Å²) >= 11 is 0. The van der Waals surface area contributed by atoms with Crippen molar-refractivity contribution in [2.24, 2.45) is 11.7 Å². The number of amides is 1. The van der Waals surface area contributed by atoms with Gasteiger partial charge in [-0.2, -0.15) is 0 Å². The Bertz CT molecular complexity index is 547. The number of anilines is 1. The number of ether oxygens (including phenoxy) is 1. The van der Waals surface area contributed by atoms with Gasteiger partial charge < -0.3 is 15.8 Å². The van der Waals surface area contributed by atoms with E-state index in [9.17, 15) is 18.4 Å². The highest BCUT2D eigenvalue weighted by Gasteiger charge is 2.20. The van der Waals surface area contributed by atoms with Crippen LogP contribution in [0.5, 0.6) is 0 Å². The van der Waals surface area contributed by atoms with Crippen LogP contribution in [0.3, 0.4) is 0 Å². The summed E-state index contributed by atoms with van der Waals surface area (Å²) in [5, 5.41) is 2.25. The molecule has 0 unspecified atom stereocenters. The number of halogens is 2. The number of rotatable bonds is 5. The summed E-state index contributed by atoms with van der Waals surface area (Å²) in [6, 6.07) is 0.572. The zero-order valence-electron chi connectivity index (χ0n) is 12.1. The summed E-state index contributed by atoms with van der Waals surface area (Å²) in [5.74, 6) is -3.44. The molecule has 1 rings (SSSR count). The third kappa shape index (κ3) is 4.49. The predicted octanol–water partition coefficient (Wildman–Crippen LogP) is 2.06. The van der Waals surface area contributed by atoms with Gasteiger partial charge in [-0.1, -0.05) is 13.8 Å². The minimum atomic E-state index is -1.07. The zero-order chi connectivity index (χ0) is 16.2. The summed E-state index contributed by atoms with van der Waals surface area (Å²) in [6.45, 7) is 3.78. The molecular formula is C14H18F2N2O3. The SMILES string of the molecule is COC(=O)c1cc(NC(=O)[C@@H](N)CC(C)C)c(F)cc1F. The lowest BCUT2D eigenvalue weighted by Gasteiger charge is -2.15. The molecule has 0 saturated heterocycles. The van der Waals surface area contributed by atoms with Crippen molar-refractivity contribution in [3.63, 3.8) is 0 Å². The lowest BCUT2D eigenvalue weighted by atomic mass is 10.0. The molecule has 3 N–H and O–H groups in total. The van der Waals surface area contributed by atoms with Crippen LogP contribution in [0, 0.1) is 17.6 Å². The van der Waals surface area contributed by atoms with Gasteiger partial charge in [-0.3, -0.25) is 4.79 Å². The molecule has 1 aromatic carbocycles. The van der Waals surface area contributed by atoms with E-state index in [4.69, 9.17) is 5.73 Å². The van der Waals surface area contributed by atoms with Crippen LogP contribution in [0.4, 0.5) is 14.5 Å². The number of nitrogens with one attached hydrogen (secondary N) is 1. The van der Waals surface area contributed by atoms with Crippen LogP contribution in [-0.2, 0) is 9.53 Å². The van der Waals surface area contributed by atoms with Crippen molar-refractivity contribution in [3.05, 3.63) is 29.3 Å². The fourth-order valence-electron chi connectivity index (χ4n) is 1.75. The Morgan fingerprint density at radius 1 is 1.29 bits per heavy atom. The van der Waals surface area contributed by atoms with Crippen LogP contribution < -0.4 is 11.1 Å². The van der Waals surface area contributed by atoms with Gasteiger partial charge in [-0.15, -0.1) is 0 Å². The van der Waals surface area contributed by atoms with Crippen molar-refractivity contribution in [1.29, 1.82) is 0 Å². The summed E-state index contributed by atoms with van der Waals surface area (Å²) in [7, 11) is 1.07. The molecular weight excluding hydrogens is 282 g/mol. The van der Waals surface area contributed by atoms with E-state index >= 15 is 0 Å². The molecule has 0 saturated carbocycles. The lowest BCUT2D eigenvalue weighted by molar-refractivity contribution is -0.117. The molecule has 0 aromatic heterocycles. The Balaban J connectivity index is 2.98. The lowest BCUT2D eigenvalue weighted by Crippen LogP contribution is -2.37. The summed E-state index contributed by atoms with van der Waals surface area (Å²) in [6.07, 6.45) is 0.415. The first-order valence-corrected chi connectivity index (χ1v) is 6.40. The number of hydrogen-bond acceptors (Lipinski definition) is 4. The van der Waals surface area contributed by atoms with Gasteiger partial charge in [-0.25, -0.2) is 13.6 Å². The van der Waals surface area contributed by atoms with E-state index in [1.807, 2.05) is 13.8 Å². The smallest absolute Gasteiger partial charge is 0.340 e. The maximum Gasteiger partial charge on any atom is 0.340 e. The van der Waals surface area contributed by atoms with Crippen molar-refractivity contribution in [1.82, 2.24) is 0 Å². The molecule has 7 heteroatoms. The Labute approximate surface area is 121 Å². The number of carbonyl (C=O) groups is 2. The van der Waals surface area contributed by atoms with Crippen molar-refractivity contribution in [3.8, 4) is 0 Å². The van der Waals surface area contributed by atoms with E-state index in [1.165, 1.54) is 0 Å². The predicted molar refractivity (Wildman–Crippen MR) is 73.8 cm³/mol. The van der Waals surface area contributed by atoms with E-state index in [1.54, 1.807) is 0 Å². The fraction of sp³-hybridized carbons (Fsp3) is 0.429. The molecule has 1 aromatic rings. The third-order valence-corrected chi connectivity index (χ3v) is 2.78. The highest BCUT2D eigenvalue weighted by Crippen LogP contribution is 2.20. The first kappa shape index (κ1) is 17.0. The minimum Gasteiger partial charge on any atom is -0.465 e. The van der Waals surface area contributed by atoms with Crippen molar-refractivity contribution in [2.45, 2.75) is 26.3 Å².